The molecule has 50 heavy (non-hydrogen) atoms. The lowest BCUT2D eigenvalue weighted by Gasteiger charge is -2.41. The molecule has 0 spiro atoms. The molecule has 12 nitrogen and oxygen atoms in total. The van der Waals surface area contributed by atoms with E-state index in [1.807, 2.05) is 66.6 Å². The van der Waals surface area contributed by atoms with Crippen molar-refractivity contribution in [2.45, 2.75) is 86.9 Å². The molecule has 1 aromatic carbocycles. The maximum Gasteiger partial charge on any atom is 0.320 e. The number of hydrogen-bond acceptors (Lipinski definition) is 8. The minimum absolute atomic E-state index is 0.116. The summed E-state index contributed by atoms with van der Waals surface area (Å²) in [6.07, 6.45) is 5.28. The summed E-state index contributed by atoms with van der Waals surface area (Å²) < 4.78 is 7.57. The molecule has 2 fully saturated rings. The molecule has 2 aliphatic heterocycles. The van der Waals surface area contributed by atoms with Crippen LogP contribution in [0.5, 0.6) is 5.75 Å². The lowest BCUT2D eigenvalue weighted by atomic mass is 9.92. The molecule has 12 heteroatoms. The maximum atomic E-state index is 13.6. The van der Waals surface area contributed by atoms with Crippen LogP contribution in [0.25, 0.3) is 11.0 Å². The number of ether oxygens (including phenoxy) is 1. The normalized spacial score (nSPS) is 16.3. The van der Waals surface area contributed by atoms with E-state index in [1.165, 1.54) is 0 Å². The molecule has 2 saturated heterocycles. The standard InChI is InChI=1S/C38H59N9O3/c1-9-50-32-12-10-11-31(23-32)26-47-35-33(24-41-47)34(39-27-40-35)42-17-19-44(20-18-42)37(49)43-15-13-30(14-16-43)25-45(36(48)38(6,7)8)21-22-46(28(2)3)29(4)5/h10-12,23-24,27-30H,9,13-22,25-26H2,1-8H3. The number of fused-ring (bicyclic) bond motifs is 1. The van der Waals surface area contributed by atoms with Crippen molar-refractivity contribution >= 4 is 28.8 Å². The van der Waals surface area contributed by atoms with E-state index in [9.17, 15) is 9.59 Å². The Labute approximate surface area is 298 Å². The number of piperidine rings is 1. The molecule has 0 saturated carbocycles. The molecular weight excluding hydrogens is 630 g/mol. The van der Waals surface area contributed by atoms with E-state index < -0.39 is 5.41 Å². The third-order valence-corrected chi connectivity index (χ3v) is 10.1. The van der Waals surface area contributed by atoms with Crippen molar-refractivity contribution < 1.29 is 14.3 Å². The number of likely N-dealkylation sites (tertiary alicyclic amines) is 1. The zero-order valence-electron chi connectivity index (χ0n) is 31.6. The molecule has 0 bridgehead atoms. The highest BCUT2D eigenvalue weighted by molar-refractivity contribution is 5.87. The van der Waals surface area contributed by atoms with E-state index in [0.29, 0.717) is 57.3 Å². The molecule has 0 N–H and O–H groups in total. The maximum absolute atomic E-state index is 13.6. The summed E-state index contributed by atoms with van der Waals surface area (Å²) in [5, 5.41) is 5.57. The average Bonchev–Trinajstić information content (AvgIpc) is 3.50. The monoisotopic (exact) mass is 689 g/mol. The van der Waals surface area contributed by atoms with Crippen LogP contribution in [-0.4, -0.2) is 129 Å². The molecule has 274 valence electrons. The minimum Gasteiger partial charge on any atom is -0.494 e. The van der Waals surface area contributed by atoms with Crippen LogP contribution in [0.2, 0.25) is 0 Å². The van der Waals surface area contributed by atoms with Gasteiger partial charge in [0.25, 0.3) is 0 Å². The topological polar surface area (TPSA) is 103 Å². The Morgan fingerprint density at radius 3 is 2.26 bits per heavy atom. The number of nitrogens with zero attached hydrogens (tertiary/aromatic N) is 9. The van der Waals surface area contributed by atoms with Crippen LogP contribution in [0, 0.1) is 11.3 Å². The Balaban J connectivity index is 1.14. The number of urea groups is 1. The second-order valence-corrected chi connectivity index (χ2v) is 15.4. The van der Waals surface area contributed by atoms with E-state index in [-0.39, 0.29) is 11.9 Å². The second-order valence-electron chi connectivity index (χ2n) is 15.4. The summed E-state index contributed by atoms with van der Waals surface area (Å²) in [6, 6.07) is 9.03. The van der Waals surface area contributed by atoms with Gasteiger partial charge in [0.15, 0.2) is 5.65 Å². The second kappa shape index (κ2) is 16.4. The van der Waals surface area contributed by atoms with Crippen LogP contribution in [0.4, 0.5) is 10.6 Å². The van der Waals surface area contributed by atoms with Crippen molar-refractivity contribution in [3.8, 4) is 5.75 Å². The molecule has 0 unspecified atom stereocenters. The summed E-state index contributed by atoms with van der Waals surface area (Å²) >= 11 is 0. The van der Waals surface area contributed by atoms with Gasteiger partial charge in [0.1, 0.15) is 17.9 Å². The Morgan fingerprint density at radius 2 is 1.62 bits per heavy atom. The lowest BCUT2D eigenvalue weighted by Crippen LogP contribution is -2.55. The highest BCUT2D eigenvalue weighted by Crippen LogP contribution is 2.27. The molecule has 2 aliphatic rings. The number of rotatable bonds is 12. The molecular formula is C38H59N9O3. The van der Waals surface area contributed by atoms with Gasteiger partial charge in [0.2, 0.25) is 5.91 Å². The number of benzene rings is 1. The van der Waals surface area contributed by atoms with Crippen molar-refractivity contribution in [3.63, 3.8) is 0 Å². The van der Waals surface area contributed by atoms with Gasteiger partial charge < -0.3 is 24.3 Å². The minimum atomic E-state index is -0.423. The quantitative estimate of drug-likeness (QED) is 0.255. The van der Waals surface area contributed by atoms with Crippen molar-refractivity contribution in [1.29, 1.82) is 0 Å². The number of carbonyl (C=O) groups is 2. The first-order chi connectivity index (χ1) is 23.8. The smallest absolute Gasteiger partial charge is 0.320 e. The van der Waals surface area contributed by atoms with Gasteiger partial charge in [-0.1, -0.05) is 32.9 Å². The predicted octanol–water partition coefficient (Wildman–Crippen LogP) is 5.22. The number of piperazine rings is 1. The fourth-order valence-electron chi connectivity index (χ4n) is 7.35. The van der Waals surface area contributed by atoms with E-state index in [4.69, 9.17) is 4.74 Å². The van der Waals surface area contributed by atoms with Crippen LogP contribution >= 0.6 is 0 Å². The molecule has 3 aromatic rings. The fraction of sp³-hybridized carbons (Fsp3) is 0.658. The van der Waals surface area contributed by atoms with Gasteiger partial charge in [0, 0.05) is 76.4 Å². The highest BCUT2D eigenvalue weighted by Gasteiger charge is 2.33. The van der Waals surface area contributed by atoms with E-state index in [1.54, 1.807) is 6.33 Å². The number of amides is 3. The molecule has 2 aromatic heterocycles. The summed E-state index contributed by atoms with van der Waals surface area (Å²) in [7, 11) is 0. The Hall–Kier alpha value is -3.93. The Kier molecular flexibility index (Phi) is 12.2. The summed E-state index contributed by atoms with van der Waals surface area (Å²) in [4.78, 5) is 47.1. The Morgan fingerprint density at radius 1 is 0.940 bits per heavy atom. The molecule has 0 radical (unpaired) electrons. The fourth-order valence-corrected chi connectivity index (χ4v) is 7.35. The lowest BCUT2D eigenvalue weighted by molar-refractivity contribution is -0.140. The molecule has 4 heterocycles. The van der Waals surface area contributed by atoms with Crippen LogP contribution in [0.15, 0.2) is 36.8 Å². The largest absolute Gasteiger partial charge is 0.494 e. The van der Waals surface area contributed by atoms with Crippen molar-refractivity contribution in [2.75, 3.05) is 70.4 Å². The number of aromatic nitrogens is 4. The van der Waals surface area contributed by atoms with Crippen LogP contribution in [0.3, 0.4) is 0 Å². The summed E-state index contributed by atoms with van der Waals surface area (Å²) in [5.41, 5.74) is 1.46. The number of hydrogen-bond donors (Lipinski definition) is 0. The Bertz CT molecular complexity index is 1560. The van der Waals surface area contributed by atoms with Gasteiger partial charge in [-0.25, -0.2) is 19.4 Å². The molecule has 5 rings (SSSR count). The zero-order valence-corrected chi connectivity index (χ0v) is 31.6. The third kappa shape index (κ3) is 9.04. The van der Waals surface area contributed by atoms with Crippen molar-refractivity contribution in [2.24, 2.45) is 11.3 Å². The predicted molar refractivity (Wildman–Crippen MR) is 199 cm³/mol. The van der Waals surface area contributed by atoms with Crippen molar-refractivity contribution in [3.05, 3.63) is 42.4 Å². The SMILES string of the molecule is CCOc1cccc(Cn2ncc3c(N4CCN(C(=O)N5CCC(CN(CCN(C(C)C)C(C)C)C(=O)C(C)(C)C)CC5)CC4)ncnc32)c1. The van der Waals surface area contributed by atoms with E-state index in [2.05, 4.69) is 63.5 Å². The third-order valence-electron chi connectivity index (χ3n) is 10.1. The van der Waals surface area contributed by atoms with Crippen LogP contribution in [0.1, 0.15) is 73.8 Å². The summed E-state index contributed by atoms with van der Waals surface area (Å²) in [6.45, 7) is 24.6. The van der Waals surface area contributed by atoms with Gasteiger partial charge >= 0.3 is 6.03 Å². The van der Waals surface area contributed by atoms with Gasteiger partial charge in [0.05, 0.1) is 24.7 Å². The van der Waals surface area contributed by atoms with E-state index >= 15 is 0 Å². The average molecular weight is 690 g/mol. The van der Waals surface area contributed by atoms with Crippen LogP contribution in [-0.2, 0) is 11.3 Å². The van der Waals surface area contributed by atoms with Gasteiger partial charge in [-0.05, 0) is 71.1 Å². The first kappa shape index (κ1) is 37.3. The van der Waals surface area contributed by atoms with Gasteiger partial charge in [-0.2, -0.15) is 5.10 Å². The molecule has 3 amide bonds. The first-order valence-electron chi connectivity index (χ1n) is 18.6. The van der Waals surface area contributed by atoms with Crippen LogP contribution < -0.4 is 9.64 Å². The van der Waals surface area contributed by atoms with Gasteiger partial charge in [-0.3, -0.25) is 9.69 Å². The van der Waals surface area contributed by atoms with Gasteiger partial charge in [-0.15, -0.1) is 0 Å². The zero-order chi connectivity index (χ0) is 36.0. The van der Waals surface area contributed by atoms with Crippen molar-refractivity contribution in [1.82, 2.24) is 39.3 Å². The van der Waals surface area contributed by atoms with E-state index in [0.717, 1.165) is 73.7 Å². The first-order valence-corrected chi connectivity index (χ1v) is 18.6. The molecule has 0 atom stereocenters. The summed E-state index contributed by atoms with van der Waals surface area (Å²) in [5.74, 6) is 2.31. The number of anilines is 1. The number of carbonyl (C=O) groups excluding carboxylic acids is 2. The molecule has 0 aliphatic carbocycles. The highest BCUT2D eigenvalue weighted by atomic mass is 16.5.